The van der Waals surface area contributed by atoms with Crippen LogP contribution >= 0.6 is 0 Å². The molecule has 0 aliphatic carbocycles. The van der Waals surface area contributed by atoms with E-state index in [1.807, 2.05) is 37.4 Å². The Balaban J connectivity index is 1.54. The van der Waals surface area contributed by atoms with Crippen LogP contribution < -0.4 is 4.90 Å². The summed E-state index contributed by atoms with van der Waals surface area (Å²) in [5.41, 5.74) is 4.48. The predicted octanol–water partition coefficient (Wildman–Crippen LogP) is 3.61. The molecule has 1 aromatic carbocycles. The molecule has 32 heavy (non-hydrogen) atoms. The van der Waals surface area contributed by atoms with Crippen molar-refractivity contribution < 1.29 is 13.2 Å². The Kier molecular flexibility index (Phi) is 5.33. The number of nitrogens with one attached hydrogen (secondary N) is 1. The Morgan fingerprint density at radius 2 is 1.84 bits per heavy atom. The number of hydrogen-bond acceptors (Lipinski definition) is 5. The number of pyridine rings is 1. The molecule has 1 fully saturated rings. The van der Waals surface area contributed by atoms with Crippen molar-refractivity contribution in [3.63, 3.8) is 0 Å². The number of halogens is 3. The minimum absolute atomic E-state index is 0.284. The maximum absolute atomic E-state index is 13.5. The van der Waals surface area contributed by atoms with Gasteiger partial charge in [0.2, 0.25) is 0 Å². The standard InChI is InChI=1S/C23H27F3N6/c1-15-11-18-17(4-6-20-19(18)13-28-29-20)22(32(15)14-23(24,25)26)21-5-3-16(12-27-21)31-9-7-30(2)8-10-31/h3-6,12-13,15,22H,7-11,14H2,1-2H3,(H,28,29)/t15-,22?/m1/s1. The van der Waals surface area contributed by atoms with Gasteiger partial charge >= 0.3 is 6.18 Å². The normalized spacial score (nSPS) is 23.0. The third-order valence-electron chi connectivity index (χ3n) is 6.75. The minimum Gasteiger partial charge on any atom is -0.368 e. The zero-order valence-electron chi connectivity index (χ0n) is 18.2. The molecular weight excluding hydrogens is 417 g/mol. The molecular formula is C23H27F3N6. The van der Waals surface area contributed by atoms with E-state index in [0.29, 0.717) is 12.1 Å². The van der Waals surface area contributed by atoms with Crippen molar-refractivity contribution in [2.45, 2.75) is 31.6 Å². The second-order valence-electron chi connectivity index (χ2n) is 8.94. The minimum atomic E-state index is -4.29. The highest BCUT2D eigenvalue weighted by atomic mass is 19.4. The summed E-state index contributed by atoms with van der Waals surface area (Å²) in [4.78, 5) is 10.8. The van der Waals surface area contributed by atoms with Crippen LogP contribution in [0.4, 0.5) is 18.9 Å². The summed E-state index contributed by atoms with van der Waals surface area (Å²) in [7, 11) is 2.10. The summed E-state index contributed by atoms with van der Waals surface area (Å²) in [6.45, 7) is 4.69. The molecule has 5 rings (SSSR count). The molecule has 2 aliphatic rings. The molecule has 170 valence electrons. The van der Waals surface area contributed by atoms with Crippen molar-refractivity contribution in [2.24, 2.45) is 0 Å². The number of piperazine rings is 1. The van der Waals surface area contributed by atoms with Crippen LogP contribution in [0.15, 0.2) is 36.7 Å². The highest BCUT2D eigenvalue weighted by Crippen LogP contribution is 2.41. The number of likely N-dealkylation sites (N-methyl/N-ethyl adjacent to an activating group) is 1. The molecule has 1 unspecified atom stereocenters. The van der Waals surface area contributed by atoms with E-state index >= 15 is 0 Å². The highest BCUT2D eigenvalue weighted by molar-refractivity contribution is 5.83. The number of anilines is 1. The average Bonchev–Trinajstić information content (AvgIpc) is 3.24. The number of nitrogens with zero attached hydrogens (tertiary/aromatic N) is 5. The molecule has 2 aromatic heterocycles. The lowest BCUT2D eigenvalue weighted by atomic mass is 9.85. The van der Waals surface area contributed by atoms with E-state index in [0.717, 1.165) is 53.9 Å². The van der Waals surface area contributed by atoms with Crippen molar-refractivity contribution in [3.8, 4) is 0 Å². The van der Waals surface area contributed by atoms with Gasteiger partial charge in [0.05, 0.1) is 41.9 Å². The van der Waals surface area contributed by atoms with Gasteiger partial charge in [-0.05, 0) is 49.7 Å². The van der Waals surface area contributed by atoms with Gasteiger partial charge in [-0.3, -0.25) is 15.0 Å². The maximum Gasteiger partial charge on any atom is 0.401 e. The number of alkyl halides is 3. The Hall–Kier alpha value is -2.65. The third kappa shape index (κ3) is 3.95. The largest absolute Gasteiger partial charge is 0.401 e. The first-order chi connectivity index (χ1) is 15.3. The van der Waals surface area contributed by atoms with Crippen molar-refractivity contribution in [2.75, 3.05) is 44.7 Å². The molecule has 1 saturated heterocycles. The Morgan fingerprint density at radius 1 is 1.06 bits per heavy atom. The van der Waals surface area contributed by atoms with Crippen LogP contribution in [0.1, 0.15) is 29.8 Å². The lowest BCUT2D eigenvalue weighted by Gasteiger charge is -2.42. The molecule has 4 heterocycles. The fourth-order valence-corrected chi connectivity index (χ4v) is 5.02. The van der Waals surface area contributed by atoms with E-state index < -0.39 is 18.8 Å². The number of hydrogen-bond donors (Lipinski definition) is 1. The van der Waals surface area contributed by atoms with Gasteiger partial charge in [-0.2, -0.15) is 18.3 Å². The average molecular weight is 445 g/mol. The molecule has 2 aliphatic heterocycles. The number of fused-ring (bicyclic) bond motifs is 3. The van der Waals surface area contributed by atoms with Crippen LogP contribution in [0, 0.1) is 0 Å². The molecule has 3 aromatic rings. The molecule has 6 nitrogen and oxygen atoms in total. The van der Waals surface area contributed by atoms with Crippen molar-refractivity contribution in [1.82, 2.24) is 25.0 Å². The Morgan fingerprint density at radius 3 is 2.53 bits per heavy atom. The molecule has 2 atom stereocenters. The van der Waals surface area contributed by atoms with E-state index in [9.17, 15) is 13.2 Å². The molecule has 9 heteroatoms. The molecule has 0 amide bonds. The Labute approximate surface area is 185 Å². The first-order valence-electron chi connectivity index (χ1n) is 11.0. The van der Waals surface area contributed by atoms with Crippen LogP contribution in [0.2, 0.25) is 0 Å². The highest BCUT2D eigenvalue weighted by Gasteiger charge is 2.41. The first kappa shape index (κ1) is 21.2. The van der Waals surface area contributed by atoms with Crippen LogP contribution in [0.5, 0.6) is 0 Å². The number of H-pyrrole nitrogens is 1. The molecule has 0 bridgehead atoms. The van der Waals surface area contributed by atoms with Gasteiger partial charge in [0.1, 0.15) is 0 Å². The van der Waals surface area contributed by atoms with Gasteiger partial charge in [-0.15, -0.1) is 0 Å². The summed E-state index contributed by atoms with van der Waals surface area (Å²) in [5, 5.41) is 8.08. The smallest absolute Gasteiger partial charge is 0.368 e. The van der Waals surface area contributed by atoms with Crippen molar-refractivity contribution in [3.05, 3.63) is 53.5 Å². The zero-order valence-corrected chi connectivity index (χ0v) is 18.2. The number of rotatable bonds is 3. The predicted molar refractivity (Wildman–Crippen MR) is 118 cm³/mol. The second-order valence-corrected chi connectivity index (χ2v) is 8.94. The summed E-state index contributed by atoms with van der Waals surface area (Å²) in [6, 6.07) is 6.86. The van der Waals surface area contributed by atoms with Crippen LogP contribution in [0.3, 0.4) is 0 Å². The van der Waals surface area contributed by atoms with Gasteiger partial charge in [0.15, 0.2) is 0 Å². The lowest BCUT2D eigenvalue weighted by Crippen LogP contribution is -2.47. The first-order valence-corrected chi connectivity index (χ1v) is 11.0. The summed E-state index contributed by atoms with van der Waals surface area (Å²) < 4.78 is 40.6. The van der Waals surface area contributed by atoms with Gasteiger partial charge in [0, 0.05) is 37.6 Å². The quantitative estimate of drug-likeness (QED) is 0.669. The molecule has 0 spiro atoms. The van der Waals surface area contributed by atoms with Crippen LogP contribution in [-0.2, 0) is 6.42 Å². The number of aromatic nitrogens is 3. The van der Waals surface area contributed by atoms with Crippen LogP contribution in [-0.4, -0.2) is 77.0 Å². The second kappa shape index (κ2) is 8.04. The monoisotopic (exact) mass is 444 g/mol. The summed E-state index contributed by atoms with van der Waals surface area (Å²) >= 11 is 0. The SMILES string of the molecule is C[C@@H]1Cc2c(ccc3[nH]ncc23)C(c2ccc(N3CCN(C)CC3)cn2)N1CC(F)(F)F. The third-order valence-corrected chi connectivity index (χ3v) is 6.75. The topological polar surface area (TPSA) is 51.3 Å². The van der Waals surface area contributed by atoms with E-state index in [1.165, 1.54) is 4.90 Å². The van der Waals surface area contributed by atoms with Gasteiger partial charge in [-0.25, -0.2) is 0 Å². The zero-order chi connectivity index (χ0) is 22.5. The Bertz CT molecular complexity index is 1090. The van der Waals surface area contributed by atoms with Gasteiger partial charge in [0.25, 0.3) is 0 Å². The summed E-state index contributed by atoms with van der Waals surface area (Å²) in [5.74, 6) is 0. The number of aromatic amines is 1. The summed E-state index contributed by atoms with van der Waals surface area (Å²) in [6.07, 6.45) is -0.176. The van der Waals surface area contributed by atoms with E-state index in [4.69, 9.17) is 4.98 Å². The van der Waals surface area contributed by atoms with Crippen LogP contribution in [0.25, 0.3) is 10.9 Å². The van der Waals surface area contributed by atoms with Gasteiger partial charge < -0.3 is 9.80 Å². The van der Waals surface area contributed by atoms with E-state index in [2.05, 4.69) is 27.0 Å². The van der Waals surface area contributed by atoms with E-state index in [-0.39, 0.29) is 6.04 Å². The fourth-order valence-electron chi connectivity index (χ4n) is 5.02. The van der Waals surface area contributed by atoms with Crippen molar-refractivity contribution >= 4 is 16.6 Å². The maximum atomic E-state index is 13.5. The van der Waals surface area contributed by atoms with E-state index in [1.54, 1.807) is 6.20 Å². The molecule has 0 radical (unpaired) electrons. The van der Waals surface area contributed by atoms with Gasteiger partial charge in [-0.1, -0.05) is 6.07 Å². The fraction of sp³-hybridized carbons (Fsp3) is 0.478. The lowest BCUT2D eigenvalue weighted by molar-refractivity contribution is -0.155. The molecule has 0 saturated carbocycles. The molecule has 1 N–H and O–H groups in total. The van der Waals surface area contributed by atoms with Crippen molar-refractivity contribution in [1.29, 1.82) is 0 Å². The number of benzene rings is 1.